The Labute approximate surface area is 136 Å². The summed E-state index contributed by atoms with van der Waals surface area (Å²) in [6.07, 6.45) is 1.52. The lowest BCUT2D eigenvalue weighted by molar-refractivity contribution is -0.113. The molecule has 0 radical (unpaired) electrons. The van der Waals surface area contributed by atoms with Gasteiger partial charge in [-0.3, -0.25) is 9.69 Å². The normalized spacial score (nSPS) is 16.6. The number of nitrogens with two attached hydrogens (primary N) is 1. The van der Waals surface area contributed by atoms with E-state index in [9.17, 15) is 9.18 Å². The predicted molar refractivity (Wildman–Crippen MR) is 92.9 cm³/mol. The molecule has 2 N–H and O–H groups in total. The Morgan fingerprint density at radius 1 is 1.14 bits per heavy atom. The summed E-state index contributed by atoms with van der Waals surface area (Å²) in [7, 11) is 0. The van der Waals surface area contributed by atoms with E-state index >= 15 is 0 Å². The Morgan fingerprint density at radius 2 is 1.82 bits per heavy atom. The molecule has 0 saturated carbocycles. The van der Waals surface area contributed by atoms with Crippen molar-refractivity contribution in [3.63, 3.8) is 0 Å². The minimum absolute atomic E-state index is 0.261. The summed E-state index contributed by atoms with van der Waals surface area (Å²) in [5, 5.41) is 0. The van der Waals surface area contributed by atoms with Crippen LogP contribution in [-0.4, -0.2) is 10.2 Å². The van der Waals surface area contributed by atoms with Crippen LogP contribution in [0.15, 0.2) is 53.4 Å². The SMILES string of the molecule is Nc1ccc(N2C(=O)/C(=C\c3ccccc3F)SC2=S)cc1. The molecule has 0 aliphatic carbocycles. The molecule has 1 heterocycles. The molecule has 0 spiro atoms. The highest BCUT2D eigenvalue weighted by Gasteiger charge is 2.33. The molecule has 1 amide bonds. The summed E-state index contributed by atoms with van der Waals surface area (Å²) >= 11 is 6.42. The maximum atomic E-state index is 13.7. The van der Waals surface area contributed by atoms with Crippen molar-refractivity contribution >= 4 is 51.7 Å². The van der Waals surface area contributed by atoms with Crippen molar-refractivity contribution in [3.8, 4) is 0 Å². The number of amides is 1. The highest BCUT2D eigenvalue weighted by Crippen LogP contribution is 2.36. The van der Waals surface area contributed by atoms with E-state index in [0.717, 1.165) is 11.8 Å². The second-order valence-electron chi connectivity index (χ2n) is 4.63. The van der Waals surface area contributed by atoms with Gasteiger partial charge >= 0.3 is 0 Å². The van der Waals surface area contributed by atoms with Crippen molar-refractivity contribution in [2.24, 2.45) is 0 Å². The second-order valence-corrected chi connectivity index (χ2v) is 6.31. The first-order valence-corrected chi connectivity index (χ1v) is 7.67. The van der Waals surface area contributed by atoms with Gasteiger partial charge in [-0.25, -0.2) is 4.39 Å². The average molecular weight is 330 g/mol. The first-order chi connectivity index (χ1) is 10.6. The molecule has 22 heavy (non-hydrogen) atoms. The van der Waals surface area contributed by atoms with Crippen molar-refractivity contribution in [1.29, 1.82) is 0 Å². The zero-order chi connectivity index (χ0) is 15.7. The van der Waals surface area contributed by atoms with E-state index in [-0.39, 0.29) is 11.7 Å². The van der Waals surface area contributed by atoms with Gasteiger partial charge in [0.2, 0.25) is 0 Å². The summed E-state index contributed by atoms with van der Waals surface area (Å²) in [6, 6.07) is 13.2. The lowest BCUT2D eigenvalue weighted by Crippen LogP contribution is -2.27. The molecule has 2 aromatic carbocycles. The standard InChI is InChI=1S/C16H11FN2OS2/c17-13-4-2-1-3-10(13)9-14-15(20)19(16(21)22-14)12-7-5-11(18)6-8-12/h1-9H,18H2/b14-9+. The molecule has 1 saturated heterocycles. The summed E-state index contributed by atoms with van der Waals surface area (Å²) < 4.78 is 14.1. The third kappa shape index (κ3) is 2.75. The Bertz CT molecular complexity index is 787. The number of hydrogen-bond acceptors (Lipinski definition) is 4. The van der Waals surface area contributed by atoms with E-state index in [1.165, 1.54) is 17.0 Å². The van der Waals surface area contributed by atoms with Crippen LogP contribution in [0.3, 0.4) is 0 Å². The van der Waals surface area contributed by atoms with Gasteiger partial charge in [0.25, 0.3) is 5.91 Å². The minimum atomic E-state index is -0.375. The third-order valence-corrected chi connectivity index (χ3v) is 4.44. The second kappa shape index (κ2) is 5.90. The van der Waals surface area contributed by atoms with Gasteiger partial charge in [0, 0.05) is 11.3 Å². The van der Waals surface area contributed by atoms with Crippen LogP contribution in [0.5, 0.6) is 0 Å². The highest BCUT2D eigenvalue weighted by atomic mass is 32.2. The molecule has 1 fully saturated rings. The molecule has 3 nitrogen and oxygen atoms in total. The van der Waals surface area contributed by atoms with Gasteiger partial charge in [0.15, 0.2) is 4.32 Å². The highest BCUT2D eigenvalue weighted by molar-refractivity contribution is 8.27. The van der Waals surface area contributed by atoms with Crippen molar-refractivity contribution < 1.29 is 9.18 Å². The van der Waals surface area contributed by atoms with Gasteiger partial charge in [-0.15, -0.1) is 0 Å². The number of carbonyl (C=O) groups excluding carboxylic acids is 1. The summed E-state index contributed by atoms with van der Waals surface area (Å²) in [4.78, 5) is 14.3. The Kier molecular flexibility index (Phi) is 3.96. The number of hydrogen-bond donors (Lipinski definition) is 1. The smallest absolute Gasteiger partial charge is 0.270 e. The molecule has 110 valence electrons. The van der Waals surface area contributed by atoms with E-state index in [0.29, 0.717) is 26.2 Å². The number of halogens is 1. The maximum Gasteiger partial charge on any atom is 0.270 e. The molecule has 3 rings (SSSR count). The van der Waals surface area contributed by atoms with Crippen molar-refractivity contribution in [2.45, 2.75) is 0 Å². The third-order valence-electron chi connectivity index (χ3n) is 3.14. The van der Waals surface area contributed by atoms with Gasteiger partial charge in [0.05, 0.1) is 10.6 Å². The fourth-order valence-electron chi connectivity index (χ4n) is 2.05. The number of anilines is 2. The molecule has 6 heteroatoms. The fraction of sp³-hybridized carbons (Fsp3) is 0. The van der Waals surface area contributed by atoms with E-state index in [1.807, 2.05) is 0 Å². The van der Waals surface area contributed by atoms with Gasteiger partial charge in [0.1, 0.15) is 5.82 Å². The van der Waals surface area contributed by atoms with Crippen LogP contribution < -0.4 is 10.6 Å². The van der Waals surface area contributed by atoms with Crippen molar-refractivity contribution in [2.75, 3.05) is 10.6 Å². The van der Waals surface area contributed by atoms with E-state index < -0.39 is 0 Å². The Morgan fingerprint density at radius 3 is 2.50 bits per heavy atom. The number of thioether (sulfide) groups is 1. The van der Waals surface area contributed by atoms with Crippen LogP contribution in [0.25, 0.3) is 6.08 Å². The number of nitrogens with zero attached hydrogens (tertiary/aromatic N) is 1. The van der Waals surface area contributed by atoms with Crippen LogP contribution in [-0.2, 0) is 4.79 Å². The first-order valence-electron chi connectivity index (χ1n) is 6.44. The number of nitrogen functional groups attached to an aromatic ring is 1. The molecule has 0 unspecified atom stereocenters. The van der Waals surface area contributed by atoms with Crippen LogP contribution in [0, 0.1) is 5.82 Å². The topological polar surface area (TPSA) is 46.3 Å². The number of benzene rings is 2. The van der Waals surface area contributed by atoms with Gasteiger partial charge in [-0.2, -0.15) is 0 Å². The lowest BCUT2D eigenvalue weighted by Gasteiger charge is -2.14. The van der Waals surface area contributed by atoms with Crippen LogP contribution >= 0.6 is 24.0 Å². The zero-order valence-corrected chi connectivity index (χ0v) is 13.0. The number of rotatable bonds is 2. The molecule has 0 aromatic heterocycles. The van der Waals surface area contributed by atoms with E-state index in [1.54, 1.807) is 42.5 Å². The Balaban J connectivity index is 1.95. The summed E-state index contributed by atoms with van der Waals surface area (Å²) in [5.41, 5.74) is 7.26. The van der Waals surface area contributed by atoms with Crippen molar-refractivity contribution in [3.05, 3.63) is 64.8 Å². The van der Waals surface area contributed by atoms with Gasteiger partial charge in [-0.05, 0) is 36.4 Å². The van der Waals surface area contributed by atoms with E-state index in [4.69, 9.17) is 18.0 Å². The Hall–Kier alpha value is -2.18. The molecular formula is C16H11FN2OS2. The maximum absolute atomic E-state index is 13.7. The van der Waals surface area contributed by atoms with E-state index in [2.05, 4.69) is 0 Å². The minimum Gasteiger partial charge on any atom is -0.399 e. The molecular weight excluding hydrogens is 319 g/mol. The van der Waals surface area contributed by atoms with Crippen LogP contribution in [0.2, 0.25) is 0 Å². The molecule has 1 aliphatic rings. The monoisotopic (exact) mass is 330 g/mol. The summed E-state index contributed by atoms with van der Waals surface area (Å²) in [5.74, 6) is -0.636. The quantitative estimate of drug-likeness (QED) is 0.517. The fourth-order valence-corrected chi connectivity index (χ4v) is 3.34. The summed E-state index contributed by atoms with van der Waals surface area (Å²) in [6.45, 7) is 0. The lowest BCUT2D eigenvalue weighted by atomic mass is 10.2. The zero-order valence-electron chi connectivity index (χ0n) is 11.3. The van der Waals surface area contributed by atoms with Crippen molar-refractivity contribution in [1.82, 2.24) is 0 Å². The van der Waals surface area contributed by atoms with Gasteiger partial charge in [-0.1, -0.05) is 42.2 Å². The molecule has 1 aliphatic heterocycles. The van der Waals surface area contributed by atoms with Crippen LogP contribution in [0.4, 0.5) is 15.8 Å². The van der Waals surface area contributed by atoms with Crippen LogP contribution in [0.1, 0.15) is 5.56 Å². The van der Waals surface area contributed by atoms with Gasteiger partial charge < -0.3 is 5.73 Å². The number of carbonyl (C=O) groups is 1. The molecule has 0 bridgehead atoms. The first kappa shape index (κ1) is 14.7. The largest absolute Gasteiger partial charge is 0.399 e. The predicted octanol–water partition coefficient (Wildman–Crippen LogP) is 3.81. The molecule has 0 atom stereocenters. The average Bonchev–Trinajstić information content (AvgIpc) is 2.77. The molecule has 2 aromatic rings. The number of thiocarbonyl (C=S) groups is 1.